The van der Waals surface area contributed by atoms with Gasteiger partial charge in [0.2, 0.25) is 0 Å². The number of fused-ring (bicyclic) bond motifs is 1. The monoisotopic (exact) mass is 320 g/mol. The molecule has 21 heavy (non-hydrogen) atoms. The van der Waals surface area contributed by atoms with Gasteiger partial charge in [-0.25, -0.2) is 0 Å². The molecule has 1 atom stereocenters. The average Bonchev–Trinajstić information content (AvgIpc) is 2.97. The quantitative estimate of drug-likeness (QED) is 0.930. The van der Waals surface area contributed by atoms with Crippen LogP contribution in [0.15, 0.2) is 35.7 Å². The summed E-state index contributed by atoms with van der Waals surface area (Å²) in [7, 11) is 0. The number of thiophene rings is 1. The third-order valence-electron chi connectivity index (χ3n) is 4.51. The molecule has 1 aliphatic rings. The van der Waals surface area contributed by atoms with E-state index in [0.29, 0.717) is 6.54 Å². The molecule has 112 valence electrons. The van der Waals surface area contributed by atoms with Crippen LogP contribution >= 0.6 is 22.9 Å². The van der Waals surface area contributed by atoms with Crippen LogP contribution in [0.25, 0.3) is 0 Å². The van der Waals surface area contributed by atoms with Crippen LogP contribution in [0, 0.1) is 0 Å². The largest absolute Gasteiger partial charge is 0.329 e. The Morgan fingerprint density at radius 2 is 2.05 bits per heavy atom. The van der Waals surface area contributed by atoms with E-state index < -0.39 is 0 Å². The number of halogens is 1. The minimum absolute atomic E-state index is 0.00649. The predicted octanol–water partition coefficient (Wildman–Crippen LogP) is 3.72. The summed E-state index contributed by atoms with van der Waals surface area (Å²) in [4.78, 5) is 4.08. The van der Waals surface area contributed by atoms with Gasteiger partial charge in [-0.05, 0) is 54.5 Å². The van der Waals surface area contributed by atoms with Crippen molar-refractivity contribution in [2.45, 2.75) is 31.8 Å². The minimum Gasteiger partial charge on any atom is -0.329 e. The number of nitrogens with zero attached hydrogens (tertiary/aromatic N) is 1. The molecule has 0 saturated carbocycles. The van der Waals surface area contributed by atoms with Crippen LogP contribution in [0.1, 0.15) is 22.9 Å². The lowest BCUT2D eigenvalue weighted by atomic mass is 9.89. The maximum absolute atomic E-state index is 6.15. The van der Waals surface area contributed by atoms with E-state index >= 15 is 0 Å². The third-order valence-corrected chi connectivity index (χ3v) is 5.78. The van der Waals surface area contributed by atoms with E-state index in [1.807, 2.05) is 23.5 Å². The van der Waals surface area contributed by atoms with Gasteiger partial charge < -0.3 is 5.73 Å². The Labute approximate surface area is 135 Å². The molecule has 0 bridgehead atoms. The molecule has 2 aromatic rings. The summed E-state index contributed by atoms with van der Waals surface area (Å²) >= 11 is 7.85. The highest BCUT2D eigenvalue weighted by Crippen LogP contribution is 2.30. The van der Waals surface area contributed by atoms with Gasteiger partial charge in [0, 0.05) is 35.1 Å². The lowest BCUT2D eigenvalue weighted by Gasteiger charge is -2.43. The van der Waals surface area contributed by atoms with Crippen molar-refractivity contribution in [3.8, 4) is 0 Å². The first kappa shape index (κ1) is 15.0. The van der Waals surface area contributed by atoms with E-state index in [0.717, 1.165) is 31.0 Å². The van der Waals surface area contributed by atoms with Crippen LogP contribution in [0.4, 0.5) is 0 Å². The van der Waals surface area contributed by atoms with Crippen LogP contribution < -0.4 is 5.73 Å². The Bertz CT molecular complexity index is 608. The summed E-state index contributed by atoms with van der Waals surface area (Å²) in [5.74, 6) is 0. The second kappa shape index (κ2) is 6.09. The molecule has 2 heterocycles. The first-order valence-electron chi connectivity index (χ1n) is 7.35. The van der Waals surface area contributed by atoms with E-state index in [-0.39, 0.29) is 5.54 Å². The normalized spacial score (nSPS) is 18.2. The summed E-state index contributed by atoms with van der Waals surface area (Å²) in [5, 5.41) is 2.99. The van der Waals surface area contributed by atoms with Gasteiger partial charge in [-0.2, -0.15) is 0 Å². The molecule has 0 spiro atoms. The van der Waals surface area contributed by atoms with E-state index in [1.165, 1.54) is 16.0 Å². The maximum Gasteiger partial charge on any atom is 0.0406 e. The second-order valence-corrected chi connectivity index (χ2v) is 7.48. The second-order valence-electron chi connectivity index (χ2n) is 6.04. The molecular formula is C17H21ClN2S. The van der Waals surface area contributed by atoms with Gasteiger partial charge in [-0.1, -0.05) is 23.7 Å². The molecule has 1 unspecified atom stereocenters. The molecule has 1 aliphatic heterocycles. The fourth-order valence-electron chi connectivity index (χ4n) is 3.06. The Morgan fingerprint density at radius 3 is 2.76 bits per heavy atom. The number of nitrogens with two attached hydrogens (primary N) is 1. The first-order chi connectivity index (χ1) is 10.1. The summed E-state index contributed by atoms with van der Waals surface area (Å²) in [6.45, 7) is 5.04. The van der Waals surface area contributed by atoms with Crippen LogP contribution in [-0.4, -0.2) is 23.5 Å². The van der Waals surface area contributed by atoms with E-state index in [9.17, 15) is 0 Å². The fourth-order valence-corrected chi connectivity index (χ4v) is 4.08. The summed E-state index contributed by atoms with van der Waals surface area (Å²) in [5.41, 5.74) is 8.91. The molecule has 0 radical (unpaired) electrons. The van der Waals surface area contributed by atoms with Crippen LogP contribution in [-0.2, 0) is 19.4 Å². The van der Waals surface area contributed by atoms with Crippen LogP contribution in [0.3, 0.4) is 0 Å². The molecule has 0 aliphatic carbocycles. The minimum atomic E-state index is -0.00649. The Morgan fingerprint density at radius 1 is 1.29 bits per heavy atom. The molecule has 1 aromatic carbocycles. The highest BCUT2D eigenvalue weighted by atomic mass is 35.5. The Kier molecular flexibility index (Phi) is 4.36. The lowest BCUT2D eigenvalue weighted by molar-refractivity contribution is 0.0956. The van der Waals surface area contributed by atoms with Gasteiger partial charge in [0.15, 0.2) is 0 Å². The highest BCUT2D eigenvalue weighted by molar-refractivity contribution is 7.10. The number of hydrogen-bond acceptors (Lipinski definition) is 3. The fraction of sp³-hybridized carbons (Fsp3) is 0.412. The van der Waals surface area contributed by atoms with Gasteiger partial charge in [0.05, 0.1) is 0 Å². The van der Waals surface area contributed by atoms with Crippen LogP contribution in [0.2, 0.25) is 5.02 Å². The van der Waals surface area contributed by atoms with Gasteiger partial charge in [0.25, 0.3) is 0 Å². The molecule has 1 aromatic heterocycles. The average molecular weight is 321 g/mol. The van der Waals surface area contributed by atoms with E-state index in [1.54, 1.807) is 0 Å². The van der Waals surface area contributed by atoms with Gasteiger partial charge in [0.1, 0.15) is 0 Å². The third kappa shape index (κ3) is 3.16. The number of hydrogen-bond donors (Lipinski definition) is 1. The molecule has 2 nitrogen and oxygen atoms in total. The Hall–Kier alpha value is -0.870. The van der Waals surface area contributed by atoms with Crippen molar-refractivity contribution in [3.05, 3.63) is 56.7 Å². The van der Waals surface area contributed by atoms with Crippen molar-refractivity contribution in [3.63, 3.8) is 0 Å². The molecular weight excluding hydrogens is 300 g/mol. The summed E-state index contributed by atoms with van der Waals surface area (Å²) in [6.07, 6.45) is 2.10. The zero-order chi connectivity index (χ0) is 14.9. The first-order valence-corrected chi connectivity index (χ1v) is 8.61. The molecule has 0 saturated heterocycles. The SMILES string of the molecule is CC(CN)(Cc1ccc(Cl)cc1)N1CCc2sccc2C1. The van der Waals surface area contributed by atoms with Crippen molar-refractivity contribution in [2.75, 3.05) is 13.1 Å². The molecule has 3 rings (SSSR count). The smallest absolute Gasteiger partial charge is 0.0406 e. The van der Waals surface area contributed by atoms with Crippen LogP contribution in [0.5, 0.6) is 0 Å². The molecule has 0 amide bonds. The van der Waals surface area contributed by atoms with Gasteiger partial charge in [-0.3, -0.25) is 4.90 Å². The maximum atomic E-state index is 6.15. The zero-order valence-electron chi connectivity index (χ0n) is 12.3. The summed E-state index contributed by atoms with van der Waals surface area (Å²) < 4.78 is 0. The van der Waals surface area contributed by atoms with Gasteiger partial charge >= 0.3 is 0 Å². The van der Waals surface area contributed by atoms with Gasteiger partial charge in [-0.15, -0.1) is 11.3 Å². The lowest BCUT2D eigenvalue weighted by Crippen LogP contribution is -2.54. The van der Waals surface area contributed by atoms with E-state index in [4.69, 9.17) is 17.3 Å². The predicted molar refractivity (Wildman–Crippen MR) is 91.0 cm³/mol. The highest BCUT2D eigenvalue weighted by Gasteiger charge is 2.33. The van der Waals surface area contributed by atoms with Crippen molar-refractivity contribution in [2.24, 2.45) is 5.73 Å². The Balaban J connectivity index is 1.78. The number of benzene rings is 1. The molecule has 0 fully saturated rings. The zero-order valence-corrected chi connectivity index (χ0v) is 13.9. The molecule has 4 heteroatoms. The summed E-state index contributed by atoms with van der Waals surface area (Å²) in [6, 6.07) is 10.4. The van der Waals surface area contributed by atoms with Crippen molar-refractivity contribution >= 4 is 22.9 Å². The standard InChI is InChI=1S/C17H21ClN2S/c1-17(12-19,10-13-2-4-15(18)5-3-13)20-8-6-16-14(11-20)7-9-21-16/h2-5,7,9H,6,8,10-12,19H2,1H3. The molecule has 2 N–H and O–H groups in total. The van der Waals surface area contributed by atoms with Crippen molar-refractivity contribution < 1.29 is 0 Å². The van der Waals surface area contributed by atoms with Crippen molar-refractivity contribution in [1.29, 1.82) is 0 Å². The van der Waals surface area contributed by atoms with E-state index in [2.05, 4.69) is 35.4 Å². The topological polar surface area (TPSA) is 29.3 Å². The van der Waals surface area contributed by atoms with Crippen molar-refractivity contribution in [1.82, 2.24) is 4.90 Å². The number of rotatable bonds is 4.